The van der Waals surface area contributed by atoms with Gasteiger partial charge in [0.15, 0.2) is 0 Å². The van der Waals surface area contributed by atoms with Crippen LogP contribution < -0.4 is 10.0 Å². The normalized spacial score (nSPS) is 15.3. The molecular formula is C13H15N4O7-. The van der Waals surface area contributed by atoms with E-state index in [1.807, 2.05) is 4.90 Å². The summed E-state index contributed by atoms with van der Waals surface area (Å²) >= 11 is 0. The van der Waals surface area contributed by atoms with Gasteiger partial charge in [0.2, 0.25) is 0 Å². The lowest BCUT2D eigenvalue weighted by atomic mass is 10.1. The molecule has 1 aliphatic rings. The van der Waals surface area contributed by atoms with E-state index in [0.717, 1.165) is 12.1 Å². The molecule has 11 heteroatoms. The Bertz CT molecular complexity index is 635. The van der Waals surface area contributed by atoms with Crippen molar-refractivity contribution >= 4 is 23.0 Å². The lowest BCUT2D eigenvalue weighted by molar-refractivity contribution is -0.393. The first kappa shape index (κ1) is 17.6. The number of nitro groups is 2. The zero-order chi connectivity index (χ0) is 17.9. The predicted octanol–water partition coefficient (Wildman–Crippen LogP) is -1.02. The van der Waals surface area contributed by atoms with E-state index < -0.39 is 32.8 Å². The number of hydrogen-bond acceptors (Lipinski definition) is 9. The van der Waals surface area contributed by atoms with Crippen molar-refractivity contribution in [3.8, 4) is 0 Å². The van der Waals surface area contributed by atoms with Crippen LogP contribution >= 0.6 is 0 Å². The Morgan fingerprint density at radius 1 is 1.12 bits per heavy atom. The SMILES string of the molecule is O=C([O-])c1cc([N+](=O)[O-])cc([N+](=O)[O-])c1N1CCN(CCO)CC1. The van der Waals surface area contributed by atoms with Gasteiger partial charge in [-0.05, 0) is 0 Å². The third-order valence-electron chi connectivity index (χ3n) is 3.81. The highest BCUT2D eigenvalue weighted by Gasteiger charge is 2.30. The molecule has 1 saturated heterocycles. The van der Waals surface area contributed by atoms with Crippen LogP contribution in [0.5, 0.6) is 0 Å². The Morgan fingerprint density at radius 2 is 1.75 bits per heavy atom. The minimum absolute atomic E-state index is 0.0258. The van der Waals surface area contributed by atoms with Gasteiger partial charge in [-0.2, -0.15) is 0 Å². The van der Waals surface area contributed by atoms with Crippen molar-refractivity contribution in [3.05, 3.63) is 37.9 Å². The Kier molecular flexibility index (Phi) is 5.26. The van der Waals surface area contributed by atoms with Gasteiger partial charge in [0.25, 0.3) is 11.4 Å². The van der Waals surface area contributed by atoms with E-state index in [1.165, 1.54) is 4.90 Å². The minimum Gasteiger partial charge on any atom is -0.545 e. The number of β-amino-alcohol motifs (C(OH)–C–C–N with tert-alkyl or cyclic N) is 1. The van der Waals surface area contributed by atoms with Crippen LogP contribution in [0.25, 0.3) is 0 Å². The number of carbonyl (C=O) groups excluding carboxylic acids is 1. The van der Waals surface area contributed by atoms with Crippen LogP contribution in [0.3, 0.4) is 0 Å². The van der Waals surface area contributed by atoms with Gasteiger partial charge in [0, 0.05) is 44.4 Å². The highest BCUT2D eigenvalue weighted by atomic mass is 16.6. The number of carboxylic acids is 1. The summed E-state index contributed by atoms with van der Waals surface area (Å²) < 4.78 is 0. The second kappa shape index (κ2) is 7.19. The molecule has 1 aromatic carbocycles. The van der Waals surface area contributed by atoms with Gasteiger partial charge in [0.1, 0.15) is 5.69 Å². The molecule has 24 heavy (non-hydrogen) atoms. The average molecular weight is 339 g/mol. The van der Waals surface area contributed by atoms with Gasteiger partial charge in [0.05, 0.1) is 28.5 Å². The van der Waals surface area contributed by atoms with Gasteiger partial charge in [-0.25, -0.2) is 0 Å². The fraction of sp³-hybridized carbons (Fsp3) is 0.462. The molecule has 0 saturated carbocycles. The second-order valence-corrected chi connectivity index (χ2v) is 5.22. The van der Waals surface area contributed by atoms with E-state index in [2.05, 4.69) is 0 Å². The van der Waals surface area contributed by atoms with E-state index in [1.54, 1.807) is 0 Å². The molecular weight excluding hydrogens is 324 g/mol. The van der Waals surface area contributed by atoms with E-state index in [-0.39, 0.29) is 12.3 Å². The Morgan fingerprint density at radius 3 is 2.21 bits per heavy atom. The molecule has 1 aliphatic heterocycles. The van der Waals surface area contributed by atoms with Crippen molar-refractivity contribution in [1.82, 2.24) is 4.90 Å². The minimum atomic E-state index is -1.71. The third-order valence-corrected chi connectivity index (χ3v) is 3.81. The molecule has 0 amide bonds. The fourth-order valence-corrected chi connectivity index (χ4v) is 2.67. The summed E-state index contributed by atoms with van der Waals surface area (Å²) in [6.07, 6.45) is 0. The zero-order valence-corrected chi connectivity index (χ0v) is 12.6. The maximum Gasteiger partial charge on any atom is 0.300 e. The van der Waals surface area contributed by atoms with E-state index in [0.29, 0.717) is 32.7 Å². The number of non-ortho nitro benzene ring substituents is 1. The van der Waals surface area contributed by atoms with Crippen LogP contribution in [-0.2, 0) is 0 Å². The number of carbonyl (C=O) groups is 1. The maximum absolute atomic E-state index is 11.4. The standard InChI is InChI=1S/C13H16N4O7/c18-6-5-14-1-3-15(4-2-14)12-10(13(19)20)7-9(16(21)22)8-11(12)17(23)24/h7-8,18H,1-6H2,(H,19,20)/p-1. The summed E-state index contributed by atoms with van der Waals surface area (Å²) in [5.74, 6) is -1.71. The number of hydrogen-bond donors (Lipinski definition) is 1. The van der Waals surface area contributed by atoms with Gasteiger partial charge < -0.3 is 19.9 Å². The summed E-state index contributed by atoms with van der Waals surface area (Å²) in [5, 5.41) is 42.4. The Balaban J connectivity index is 2.46. The summed E-state index contributed by atoms with van der Waals surface area (Å²) in [4.78, 5) is 35.2. The summed E-state index contributed by atoms with van der Waals surface area (Å²) in [6.45, 7) is 1.95. The number of rotatable bonds is 6. The van der Waals surface area contributed by atoms with Gasteiger partial charge >= 0.3 is 0 Å². The summed E-state index contributed by atoms with van der Waals surface area (Å²) in [7, 11) is 0. The average Bonchev–Trinajstić information content (AvgIpc) is 2.54. The van der Waals surface area contributed by atoms with Crippen molar-refractivity contribution in [2.75, 3.05) is 44.2 Å². The first-order valence-corrected chi connectivity index (χ1v) is 7.11. The molecule has 0 aromatic heterocycles. The summed E-state index contributed by atoms with van der Waals surface area (Å²) in [5.41, 5.74) is -2.08. The van der Waals surface area contributed by atoms with Gasteiger partial charge in [-0.15, -0.1) is 0 Å². The number of aliphatic hydroxyl groups excluding tert-OH is 1. The summed E-state index contributed by atoms with van der Waals surface area (Å²) in [6, 6.07) is 1.53. The molecule has 0 spiro atoms. The Labute approximate surface area is 136 Å². The van der Waals surface area contributed by atoms with Crippen LogP contribution in [0.15, 0.2) is 12.1 Å². The van der Waals surface area contributed by atoms with Gasteiger partial charge in [-0.1, -0.05) is 0 Å². The van der Waals surface area contributed by atoms with Gasteiger partial charge in [-0.3, -0.25) is 25.1 Å². The molecule has 1 N–H and O–H groups in total. The van der Waals surface area contributed by atoms with Crippen molar-refractivity contribution in [2.45, 2.75) is 0 Å². The lowest BCUT2D eigenvalue weighted by Crippen LogP contribution is -2.48. The topological polar surface area (TPSA) is 153 Å². The van der Waals surface area contributed by atoms with Crippen molar-refractivity contribution < 1.29 is 24.9 Å². The predicted molar refractivity (Wildman–Crippen MR) is 79.8 cm³/mol. The van der Waals surface area contributed by atoms with E-state index >= 15 is 0 Å². The molecule has 0 bridgehead atoms. The molecule has 1 heterocycles. The fourth-order valence-electron chi connectivity index (χ4n) is 2.67. The first-order chi connectivity index (χ1) is 11.3. The number of carboxylic acid groups (broad SMARTS) is 1. The van der Waals surface area contributed by atoms with Crippen molar-refractivity contribution in [3.63, 3.8) is 0 Å². The van der Waals surface area contributed by atoms with E-state index in [4.69, 9.17) is 5.11 Å². The van der Waals surface area contributed by atoms with Crippen LogP contribution in [0, 0.1) is 20.2 Å². The van der Waals surface area contributed by atoms with Crippen LogP contribution in [0.1, 0.15) is 10.4 Å². The molecule has 1 fully saturated rings. The Hall–Kier alpha value is -2.79. The maximum atomic E-state index is 11.4. The monoisotopic (exact) mass is 339 g/mol. The molecule has 0 aliphatic carbocycles. The smallest absolute Gasteiger partial charge is 0.300 e. The van der Waals surface area contributed by atoms with E-state index in [9.17, 15) is 30.1 Å². The molecule has 0 radical (unpaired) electrons. The van der Waals surface area contributed by atoms with Crippen LogP contribution in [-0.4, -0.2) is 65.2 Å². The highest BCUT2D eigenvalue weighted by Crippen LogP contribution is 2.36. The number of piperazine rings is 1. The van der Waals surface area contributed by atoms with Crippen LogP contribution in [0.2, 0.25) is 0 Å². The molecule has 1 aromatic rings. The second-order valence-electron chi connectivity index (χ2n) is 5.22. The quantitative estimate of drug-likeness (QED) is 0.506. The first-order valence-electron chi connectivity index (χ1n) is 7.11. The number of aliphatic hydroxyl groups is 1. The number of anilines is 1. The number of aromatic carboxylic acids is 1. The molecule has 130 valence electrons. The number of benzene rings is 1. The number of nitrogens with zero attached hydrogens (tertiary/aromatic N) is 4. The lowest BCUT2D eigenvalue weighted by Gasteiger charge is -2.36. The largest absolute Gasteiger partial charge is 0.545 e. The molecule has 2 rings (SSSR count). The molecule has 0 atom stereocenters. The highest BCUT2D eigenvalue weighted by molar-refractivity contribution is 5.97. The third kappa shape index (κ3) is 3.58. The van der Waals surface area contributed by atoms with Crippen molar-refractivity contribution in [2.24, 2.45) is 0 Å². The molecule has 11 nitrogen and oxygen atoms in total. The number of nitro benzene ring substituents is 2. The zero-order valence-electron chi connectivity index (χ0n) is 12.6. The molecule has 0 unspecified atom stereocenters. The van der Waals surface area contributed by atoms with Crippen molar-refractivity contribution in [1.29, 1.82) is 0 Å². The van der Waals surface area contributed by atoms with Crippen LogP contribution in [0.4, 0.5) is 17.1 Å².